The van der Waals surface area contributed by atoms with E-state index >= 15 is 0 Å². The zero-order valence-corrected chi connectivity index (χ0v) is 33.9. The van der Waals surface area contributed by atoms with Gasteiger partial charge in [-0.15, -0.1) is 0 Å². The van der Waals surface area contributed by atoms with Gasteiger partial charge in [0.1, 0.15) is 31.1 Å². The van der Waals surface area contributed by atoms with Gasteiger partial charge < -0.3 is 35.3 Å². The molecule has 7 rings (SSSR count). The predicted octanol–water partition coefficient (Wildman–Crippen LogP) is 7.34. The van der Waals surface area contributed by atoms with E-state index in [1.807, 2.05) is 109 Å². The summed E-state index contributed by atoms with van der Waals surface area (Å²) in [7, 11) is 0. The number of esters is 1. The molecule has 11 heteroatoms. The van der Waals surface area contributed by atoms with E-state index in [1.54, 1.807) is 24.3 Å². The highest BCUT2D eigenvalue weighted by atomic mass is 16.6. The Morgan fingerprint density at radius 2 is 1.44 bits per heavy atom. The summed E-state index contributed by atoms with van der Waals surface area (Å²) >= 11 is 0. The van der Waals surface area contributed by atoms with Crippen molar-refractivity contribution in [3.63, 3.8) is 0 Å². The molecule has 1 aliphatic heterocycles. The number of allylic oxidation sites excluding steroid dienone is 2. The summed E-state index contributed by atoms with van der Waals surface area (Å²) in [4.78, 5) is 54.1. The maximum absolute atomic E-state index is 13.8. The van der Waals surface area contributed by atoms with E-state index in [9.17, 15) is 24.3 Å². The van der Waals surface area contributed by atoms with Crippen molar-refractivity contribution in [1.29, 1.82) is 0 Å². The standard InChI is InChI=1S/C50H51N3O8/c54-31-38(28-34-24-26-39(27-25-34)59-32-35-14-4-1-5-15-35)52-47(55)29-37-18-8-3-9-23-45(49(57)61-46(30-51-48(37)56)36-16-6-2-7-17-36)53-50(58)60-33-44-42-21-12-10-19-40(42)41-20-11-13-22-43(41)44/h1-8,10-17,19-22,24-27,37-38,44-46,54H,9,18,23,28-33H2,(H,51,56)(H,52,55)(H,53,58)/t37-,38+,45+,46-/m1/s1. The molecule has 61 heavy (non-hydrogen) atoms. The first-order valence-corrected chi connectivity index (χ1v) is 20.8. The van der Waals surface area contributed by atoms with E-state index in [4.69, 9.17) is 14.2 Å². The average Bonchev–Trinajstić information content (AvgIpc) is 3.62. The van der Waals surface area contributed by atoms with E-state index < -0.39 is 36.2 Å². The molecule has 11 nitrogen and oxygen atoms in total. The van der Waals surface area contributed by atoms with E-state index in [2.05, 4.69) is 28.1 Å². The van der Waals surface area contributed by atoms with Gasteiger partial charge in [-0.1, -0.05) is 133 Å². The lowest BCUT2D eigenvalue weighted by Crippen LogP contribution is -2.44. The highest BCUT2D eigenvalue weighted by molar-refractivity contribution is 5.86. The number of amides is 3. The van der Waals surface area contributed by atoms with Crippen LogP contribution in [-0.2, 0) is 36.9 Å². The smallest absolute Gasteiger partial charge is 0.407 e. The van der Waals surface area contributed by atoms with E-state index in [-0.39, 0.29) is 56.8 Å². The number of hydrogen-bond acceptors (Lipinski definition) is 8. The van der Waals surface area contributed by atoms with Crippen LogP contribution in [0.15, 0.2) is 146 Å². The lowest BCUT2D eigenvalue weighted by Gasteiger charge is -2.24. The summed E-state index contributed by atoms with van der Waals surface area (Å²) in [5, 5.41) is 18.7. The summed E-state index contributed by atoms with van der Waals surface area (Å²) in [6.45, 7) is 0.188. The maximum atomic E-state index is 13.8. The molecule has 1 aliphatic carbocycles. The Kier molecular flexibility index (Phi) is 14.6. The Labute approximate surface area is 356 Å². The van der Waals surface area contributed by atoms with Gasteiger partial charge >= 0.3 is 12.1 Å². The number of hydrogen-bond donors (Lipinski definition) is 4. The van der Waals surface area contributed by atoms with E-state index in [0.717, 1.165) is 33.4 Å². The SMILES string of the molecule is O=C(C[C@H]1CC=CCC[C@H](NC(=O)OCC2c3ccccc3-c3ccccc32)C(=O)O[C@@H](c2ccccc2)CNC1=O)N[C@H](CO)Cc1ccc(OCc2ccccc2)cc1. The molecule has 0 aromatic heterocycles. The Morgan fingerprint density at radius 1 is 0.787 bits per heavy atom. The third-order valence-corrected chi connectivity index (χ3v) is 11.1. The zero-order valence-electron chi connectivity index (χ0n) is 33.9. The molecule has 3 amide bonds. The highest BCUT2D eigenvalue weighted by Crippen LogP contribution is 2.44. The molecule has 0 radical (unpaired) electrons. The lowest BCUT2D eigenvalue weighted by atomic mass is 9.98. The maximum Gasteiger partial charge on any atom is 0.407 e. The van der Waals surface area contributed by atoms with Crippen molar-refractivity contribution >= 4 is 23.9 Å². The first-order chi connectivity index (χ1) is 29.8. The van der Waals surface area contributed by atoms with Gasteiger partial charge in [0.15, 0.2) is 0 Å². The van der Waals surface area contributed by atoms with Gasteiger partial charge in [-0.2, -0.15) is 0 Å². The first kappa shape index (κ1) is 42.4. The van der Waals surface area contributed by atoms with Crippen molar-refractivity contribution in [3.8, 4) is 16.9 Å². The van der Waals surface area contributed by atoms with Crippen molar-refractivity contribution in [1.82, 2.24) is 16.0 Å². The first-order valence-electron chi connectivity index (χ1n) is 20.8. The molecule has 0 fully saturated rings. The summed E-state index contributed by atoms with van der Waals surface area (Å²) in [5.41, 5.74) is 6.99. The number of fused-ring (bicyclic) bond motifs is 3. The number of carbonyl (C=O) groups excluding carboxylic acids is 4. The average molecular weight is 822 g/mol. The van der Waals surface area contributed by atoms with Crippen molar-refractivity contribution in [2.24, 2.45) is 5.92 Å². The second kappa shape index (κ2) is 21.0. The number of benzene rings is 5. The quantitative estimate of drug-likeness (QED) is 0.0712. The summed E-state index contributed by atoms with van der Waals surface area (Å²) in [5.74, 6) is -1.59. The number of alkyl carbamates (subject to hydrolysis) is 1. The van der Waals surface area contributed by atoms with Gasteiger partial charge in [0, 0.05) is 12.3 Å². The lowest BCUT2D eigenvalue weighted by molar-refractivity contribution is -0.152. The van der Waals surface area contributed by atoms with E-state index in [1.165, 1.54) is 0 Å². The molecule has 0 saturated heterocycles. The number of aliphatic hydroxyl groups is 1. The second-order valence-electron chi connectivity index (χ2n) is 15.4. The van der Waals surface area contributed by atoms with Crippen molar-refractivity contribution in [2.75, 3.05) is 19.8 Å². The fourth-order valence-electron chi connectivity index (χ4n) is 7.83. The molecule has 0 unspecified atom stereocenters. The van der Waals surface area contributed by atoms with Crippen LogP contribution in [-0.4, -0.2) is 60.8 Å². The monoisotopic (exact) mass is 821 g/mol. The minimum absolute atomic E-state index is 0.0571. The van der Waals surface area contributed by atoms with Crippen LogP contribution in [0.4, 0.5) is 4.79 Å². The van der Waals surface area contributed by atoms with Gasteiger partial charge in [-0.25, -0.2) is 9.59 Å². The molecule has 0 bridgehead atoms. The Balaban J connectivity index is 0.965. The zero-order chi connectivity index (χ0) is 42.4. The molecule has 0 saturated carbocycles. The Bertz CT molecular complexity index is 2240. The fourth-order valence-corrected chi connectivity index (χ4v) is 7.83. The number of ether oxygens (including phenoxy) is 3. The van der Waals surface area contributed by atoms with Crippen LogP contribution in [0.25, 0.3) is 11.1 Å². The molecule has 5 aromatic rings. The highest BCUT2D eigenvalue weighted by Gasteiger charge is 2.32. The normalized spacial score (nSPS) is 18.4. The molecular weight excluding hydrogens is 771 g/mol. The second-order valence-corrected chi connectivity index (χ2v) is 15.4. The molecule has 1 heterocycles. The van der Waals surface area contributed by atoms with Gasteiger partial charge in [0.25, 0.3) is 0 Å². The van der Waals surface area contributed by atoms with Gasteiger partial charge in [-0.3, -0.25) is 9.59 Å². The van der Waals surface area contributed by atoms with Crippen molar-refractivity contribution in [3.05, 3.63) is 173 Å². The van der Waals surface area contributed by atoms with Crippen molar-refractivity contribution < 1.29 is 38.5 Å². The van der Waals surface area contributed by atoms with Crippen LogP contribution in [0.5, 0.6) is 5.75 Å². The Hall–Kier alpha value is -6.72. The van der Waals surface area contributed by atoms with Crippen LogP contribution in [0.1, 0.15) is 65.5 Å². The van der Waals surface area contributed by atoms with Crippen LogP contribution >= 0.6 is 0 Å². The number of cyclic esters (lactones) is 1. The van der Waals surface area contributed by atoms with Gasteiger partial charge in [-0.05, 0) is 76.8 Å². The number of carbonyl (C=O) groups is 4. The predicted molar refractivity (Wildman–Crippen MR) is 231 cm³/mol. The summed E-state index contributed by atoms with van der Waals surface area (Å²) in [6.07, 6.45) is 3.13. The molecule has 4 atom stereocenters. The summed E-state index contributed by atoms with van der Waals surface area (Å²) in [6, 6.07) is 40.9. The molecule has 5 aromatic carbocycles. The minimum Gasteiger partial charge on any atom is -0.489 e. The van der Waals surface area contributed by atoms with E-state index in [0.29, 0.717) is 30.8 Å². The summed E-state index contributed by atoms with van der Waals surface area (Å²) < 4.78 is 17.7. The largest absolute Gasteiger partial charge is 0.489 e. The van der Waals surface area contributed by atoms with Gasteiger partial charge in [0.05, 0.1) is 25.1 Å². The van der Waals surface area contributed by atoms with Crippen LogP contribution in [0, 0.1) is 5.92 Å². The van der Waals surface area contributed by atoms with Crippen LogP contribution in [0.3, 0.4) is 0 Å². The Morgan fingerprint density at radius 3 is 2.13 bits per heavy atom. The minimum atomic E-state index is -1.03. The van der Waals surface area contributed by atoms with Gasteiger partial charge in [0.2, 0.25) is 11.8 Å². The molecule has 2 aliphatic rings. The number of aliphatic hydroxyl groups excluding tert-OH is 1. The third-order valence-electron chi connectivity index (χ3n) is 11.1. The van der Waals surface area contributed by atoms with Crippen LogP contribution < -0.4 is 20.7 Å². The molecule has 314 valence electrons. The fraction of sp³-hybridized carbons (Fsp3) is 0.280. The molecule has 0 spiro atoms. The van der Waals surface area contributed by atoms with Crippen molar-refractivity contribution in [2.45, 2.75) is 62.8 Å². The molecular formula is C50H51N3O8. The van der Waals surface area contributed by atoms with Crippen LogP contribution in [0.2, 0.25) is 0 Å². The molecule has 4 N–H and O–H groups in total. The number of nitrogens with one attached hydrogen (secondary N) is 3. The number of rotatable bonds is 13. The topological polar surface area (TPSA) is 152 Å². The third kappa shape index (κ3) is 11.5.